The summed E-state index contributed by atoms with van der Waals surface area (Å²) in [5.74, 6) is 2.14. The highest BCUT2D eigenvalue weighted by Crippen LogP contribution is 2.32. The Morgan fingerprint density at radius 1 is 1.24 bits per heavy atom. The number of anilines is 2. The van der Waals surface area contributed by atoms with E-state index in [2.05, 4.69) is 15.2 Å². The van der Waals surface area contributed by atoms with Crippen molar-refractivity contribution in [1.29, 1.82) is 0 Å². The minimum Gasteiger partial charge on any atom is -0.469 e. The Balaban J connectivity index is 1.50. The topological polar surface area (TPSA) is 77.1 Å². The molecule has 0 N–H and O–H groups in total. The van der Waals surface area contributed by atoms with Crippen molar-refractivity contribution in [3.8, 4) is 11.4 Å². The van der Waals surface area contributed by atoms with E-state index in [9.17, 15) is 4.79 Å². The van der Waals surface area contributed by atoms with Crippen molar-refractivity contribution < 1.29 is 9.21 Å². The van der Waals surface area contributed by atoms with Gasteiger partial charge in [0, 0.05) is 25.1 Å². The third-order valence-corrected chi connectivity index (χ3v) is 6.27. The van der Waals surface area contributed by atoms with Crippen molar-refractivity contribution in [1.82, 2.24) is 19.7 Å². The van der Waals surface area contributed by atoms with Crippen LogP contribution in [0.2, 0.25) is 0 Å². The van der Waals surface area contributed by atoms with E-state index in [1.165, 1.54) is 11.3 Å². The maximum Gasteiger partial charge on any atom is 0.230 e. The van der Waals surface area contributed by atoms with E-state index in [0.717, 1.165) is 33.7 Å². The van der Waals surface area contributed by atoms with Crippen LogP contribution in [0.25, 0.3) is 11.4 Å². The van der Waals surface area contributed by atoms with Crippen molar-refractivity contribution in [3.63, 3.8) is 0 Å². The fourth-order valence-electron chi connectivity index (χ4n) is 2.90. The number of aryl methyl sites for hydroxylation is 1. The number of hydrogen-bond acceptors (Lipinski definition) is 7. The summed E-state index contributed by atoms with van der Waals surface area (Å²) >= 11 is 3.00. The van der Waals surface area contributed by atoms with Gasteiger partial charge in [0.25, 0.3) is 0 Å². The predicted octanol–water partition coefficient (Wildman–Crippen LogP) is 4.82. The number of hydrogen-bond donors (Lipinski definition) is 0. The number of nitrogens with zero attached hydrogens (tertiary/aromatic N) is 5. The van der Waals surface area contributed by atoms with Crippen LogP contribution in [0.3, 0.4) is 0 Å². The molecule has 0 saturated heterocycles. The third kappa shape index (κ3) is 3.96. The lowest BCUT2D eigenvalue weighted by Crippen LogP contribution is -2.22. The fraction of sp³-hybridized carbons (Fsp3) is 0.200. The van der Waals surface area contributed by atoms with Crippen LogP contribution in [-0.4, -0.2) is 25.7 Å². The second-order valence-corrected chi connectivity index (χ2v) is 8.13. The lowest BCUT2D eigenvalue weighted by Gasteiger charge is -2.17. The molecule has 0 bridgehead atoms. The summed E-state index contributed by atoms with van der Waals surface area (Å²) in [6.45, 7) is 3.45. The molecule has 7 nitrogen and oxygen atoms in total. The van der Waals surface area contributed by atoms with E-state index >= 15 is 0 Å². The molecule has 0 fully saturated rings. The van der Waals surface area contributed by atoms with E-state index < -0.39 is 0 Å². The first kappa shape index (κ1) is 19.4. The molecule has 0 aliphatic carbocycles. The van der Waals surface area contributed by atoms with Gasteiger partial charge in [-0.3, -0.25) is 9.69 Å². The summed E-state index contributed by atoms with van der Waals surface area (Å²) in [5.41, 5.74) is 2.63. The van der Waals surface area contributed by atoms with Gasteiger partial charge in [0.15, 0.2) is 16.1 Å². The molecule has 1 amide bonds. The van der Waals surface area contributed by atoms with Gasteiger partial charge in [-0.1, -0.05) is 30.0 Å². The molecule has 3 heterocycles. The molecule has 0 unspecified atom stereocenters. The highest BCUT2D eigenvalue weighted by atomic mass is 32.2. The lowest BCUT2D eigenvalue weighted by atomic mass is 10.2. The lowest BCUT2D eigenvalue weighted by molar-refractivity contribution is -0.115. The van der Waals surface area contributed by atoms with Crippen molar-refractivity contribution in [2.24, 2.45) is 7.05 Å². The highest BCUT2D eigenvalue weighted by molar-refractivity contribution is 7.98. The SMILES string of the molecule is CC(=O)N(c1ccccc1)c1nc(CSc2nnc(-c3ccoc3C)n2C)cs1. The Labute approximate surface area is 176 Å². The zero-order valence-electron chi connectivity index (χ0n) is 16.2. The van der Waals surface area contributed by atoms with Crippen molar-refractivity contribution in [2.45, 2.75) is 24.8 Å². The Kier molecular flexibility index (Phi) is 5.50. The first-order valence-corrected chi connectivity index (χ1v) is 10.8. The Morgan fingerprint density at radius 2 is 2.03 bits per heavy atom. The maximum atomic E-state index is 12.2. The Morgan fingerprint density at radius 3 is 2.72 bits per heavy atom. The molecule has 9 heteroatoms. The minimum absolute atomic E-state index is 0.0711. The van der Waals surface area contributed by atoms with Gasteiger partial charge in [0.05, 0.1) is 23.2 Å². The number of carbonyl (C=O) groups is 1. The second kappa shape index (κ2) is 8.22. The normalized spacial score (nSPS) is 11.0. The molecule has 0 atom stereocenters. The summed E-state index contributed by atoms with van der Waals surface area (Å²) in [6.07, 6.45) is 1.65. The molecule has 4 rings (SSSR count). The van der Waals surface area contributed by atoms with Crippen molar-refractivity contribution in [3.05, 3.63) is 59.5 Å². The van der Waals surface area contributed by atoms with E-state index in [1.54, 1.807) is 29.8 Å². The number of thioether (sulfide) groups is 1. The summed E-state index contributed by atoms with van der Waals surface area (Å²) < 4.78 is 7.31. The van der Waals surface area contributed by atoms with Crippen LogP contribution in [0.5, 0.6) is 0 Å². The van der Waals surface area contributed by atoms with Gasteiger partial charge in [-0.15, -0.1) is 21.5 Å². The van der Waals surface area contributed by atoms with Crippen LogP contribution in [-0.2, 0) is 17.6 Å². The predicted molar refractivity (Wildman–Crippen MR) is 114 cm³/mol. The summed E-state index contributed by atoms with van der Waals surface area (Å²) in [5, 5.41) is 12.0. The van der Waals surface area contributed by atoms with E-state index in [4.69, 9.17) is 4.42 Å². The van der Waals surface area contributed by atoms with Gasteiger partial charge in [-0.2, -0.15) is 0 Å². The number of thiazole rings is 1. The van der Waals surface area contributed by atoms with Crippen LogP contribution >= 0.6 is 23.1 Å². The van der Waals surface area contributed by atoms with E-state index in [0.29, 0.717) is 10.9 Å². The van der Waals surface area contributed by atoms with Crippen LogP contribution in [0, 0.1) is 6.92 Å². The molecular formula is C20H19N5O2S2. The average molecular weight is 426 g/mol. The smallest absolute Gasteiger partial charge is 0.230 e. The first-order valence-electron chi connectivity index (χ1n) is 8.91. The number of para-hydroxylation sites is 1. The summed E-state index contributed by atoms with van der Waals surface area (Å²) in [6, 6.07) is 11.4. The first-order chi connectivity index (χ1) is 14.0. The van der Waals surface area contributed by atoms with Crippen LogP contribution in [0.15, 0.2) is 57.6 Å². The molecule has 4 aromatic rings. The van der Waals surface area contributed by atoms with Crippen molar-refractivity contribution >= 4 is 39.8 Å². The van der Waals surface area contributed by atoms with E-state index in [-0.39, 0.29) is 5.91 Å². The zero-order chi connectivity index (χ0) is 20.4. The number of aromatic nitrogens is 4. The molecule has 0 saturated carbocycles. The van der Waals surface area contributed by atoms with Crippen LogP contribution in [0.1, 0.15) is 18.4 Å². The van der Waals surface area contributed by atoms with Gasteiger partial charge in [0.2, 0.25) is 5.91 Å². The molecular weight excluding hydrogens is 406 g/mol. The number of benzene rings is 1. The number of furan rings is 1. The Hall–Kier alpha value is -2.91. The van der Waals surface area contributed by atoms with Gasteiger partial charge in [-0.05, 0) is 25.1 Å². The zero-order valence-corrected chi connectivity index (χ0v) is 17.8. The summed E-state index contributed by atoms with van der Waals surface area (Å²) in [4.78, 5) is 18.5. The molecule has 29 heavy (non-hydrogen) atoms. The van der Waals surface area contributed by atoms with Crippen LogP contribution in [0.4, 0.5) is 10.8 Å². The van der Waals surface area contributed by atoms with Crippen LogP contribution < -0.4 is 4.90 Å². The van der Waals surface area contributed by atoms with E-state index in [1.807, 2.05) is 60.3 Å². The largest absolute Gasteiger partial charge is 0.469 e. The molecule has 148 valence electrons. The number of amides is 1. The van der Waals surface area contributed by atoms with Gasteiger partial charge in [-0.25, -0.2) is 4.98 Å². The average Bonchev–Trinajstić information content (AvgIpc) is 3.42. The van der Waals surface area contributed by atoms with Gasteiger partial charge >= 0.3 is 0 Å². The quantitative estimate of drug-likeness (QED) is 0.412. The highest BCUT2D eigenvalue weighted by Gasteiger charge is 2.19. The fourth-order valence-corrected chi connectivity index (χ4v) is 4.70. The number of carbonyl (C=O) groups excluding carboxylic acids is 1. The molecule has 0 aliphatic rings. The summed E-state index contributed by atoms with van der Waals surface area (Å²) in [7, 11) is 1.93. The minimum atomic E-state index is -0.0711. The second-order valence-electron chi connectivity index (χ2n) is 6.36. The molecule has 1 aromatic carbocycles. The monoisotopic (exact) mass is 425 g/mol. The molecule has 3 aromatic heterocycles. The standard InChI is InChI=1S/C20H19N5O2S2/c1-13-17(9-10-27-13)18-22-23-20(24(18)3)29-12-15-11-28-19(21-15)25(14(2)26)16-7-5-4-6-8-16/h4-11H,12H2,1-3H3. The van der Waals surface area contributed by atoms with Crippen molar-refractivity contribution in [2.75, 3.05) is 4.90 Å². The third-order valence-electron chi connectivity index (χ3n) is 4.34. The maximum absolute atomic E-state index is 12.2. The Bertz CT molecular complexity index is 1130. The molecule has 0 radical (unpaired) electrons. The molecule has 0 spiro atoms. The van der Waals surface area contributed by atoms with Gasteiger partial charge in [0.1, 0.15) is 5.76 Å². The van der Waals surface area contributed by atoms with Gasteiger partial charge < -0.3 is 8.98 Å². The molecule has 0 aliphatic heterocycles. The number of rotatable bonds is 6.